The highest BCUT2D eigenvalue weighted by Gasteiger charge is 2.28. The van der Waals surface area contributed by atoms with Gasteiger partial charge in [0, 0.05) is 17.2 Å². The molecule has 2 N–H and O–H groups in total. The van der Waals surface area contributed by atoms with E-state index in [1.807, 2.05) is 31.2 Å². The van der Waals surface area contributed by atoms with Gasteiger partial charge in [-0.3, -0.25) is 4.79 Å². The Labute approximate surface area is 128 Å². The third-order valence-corrected chi connectivity index (χ3v) is 3.71. The monoisotopic (exact) mass is 308 g/mol. The molecule has 112 valence electrons. The molecule has 0 aliphatic carbocycles. The zero-order chi connectivity index (χ0) is 13.9. The predicted octanol–water partition coefficient (Wildman–Crippen LogP) is 1.95. The van der Waals surface area contributed by atoms with Gasteiger partial charge in [-0.15, -0.1) is 12.4 Å². The Kier molecular flexibility index (Phi) is 4.93. The molecular weight excluding hydrogens is 292 g/mol. The largest absolute Gasteiger partial charge is 0.342 e. The summed E-state index contributed by atoms with van der Waals surface area (Å²) in [6, 6.07) is 7.40. The minimum absolute atomic E-state index is 0. The summed E-state index contributed by atoms with van der Waals surface area (Å²) in [5.74, 6) is 1.06. The molecule has 1 saturated heterocycles. The van der Waals surface area contributed by atoms with E-state index in [-0.39, 0.29) is 24.2 Å². The van der Waals surface area contributed by atoms with Gasteiger partial charge in [0.15, 0.2) is 0 Å². The van der Waals surface area contributed by atoms with Gasteiger partial charge in [0.1, 0.15) is 0 Å². The van der Waals surface area contributed by atoms with Gasteiger partial charge in [-0.05, 0) is 43.3 Å². The molecule has 6 nitrogen and oxygen atoms in total. The topological polar surface area (TPSA) is 80.1 Å². The number of aromatic nitrogens is 2. The van der Waals surface area contributed by atoms with Gasteiger partial charge in [-0.1, -0.05) is 12.1 Å². The summed E-state index contributed by atoms with van der Waals surface area (Å²) < 4.78 is 4.70. The lowest BCUT2D eigenvalue weighted by Crippen LogP contribution is -2.48. The number of hydrogen-bond acceptors (Lipinski definition) is 5. The number of benzene rings is 1. The summed E-state index contributed by atoms with van der Waals surface area (Å²) in [5, 5.41) is 9.88. The van der Waals surface area contributed by atoms with E-state index in [4.69, 9.17) is 4.52 Å². The molecule has 0 bridgehead atoms. The molecule has 1 aromatic heterocycles. The fourth-order valence-electron chi connectivity index (χ4n) is 2.14. The fraction of sp³-hybridized carbons (Fsp3) is 0.357. The van der Waals surface area contributed by atoms with Crippen molar-refractivity contribution in [2.24, 2.45) is 11.8 Å². The van der Waals surface area contributed by atoms with Crippen molar-refractivity contribution in [2.75, 3.05) is 18.4 Å². The highest BCUT2D eigenvalue weighted by molar-refractivity contribution is 5.92. The molecule has 1 aliphatic rings. The third-order valence-electron chi connectivity index (χ3n) is 3.71. The molecule has 7 heteroatoms. The maximum Gasteiger partial charge on any atom is 0.227 e. The second-order valence-corrected chi connectivity index (χ2v) is 5.03. The summed E-state index contributed by atoms with van der Waals surface area (Å²) >= 11 is 0. The molecule has 21 heavy (non-hydrogen) atoms. The SMILES string of the molecule is CC(C(=O)Nc1ccc(-c2ncon2)cc1)C1CNC1.Cl. The average Bonchev–Trinajstić information content (AvgIpc) is 2.91. The maximum atomic E-state index is 12.1. The van der Waals surface area contributed by atoms with Crippen LogP contribution in [0.1, 0.15) is 6.92 Å². The van der Waals surface area contributed by atoms with Gasteiger partial charge < -0.3 is 15.2 Å². The highest BCUT2D eigenvalue weighted by Crippen LogP contribution is 2.20. The predicted molar refractivity (Wildman–Crippen MR) is 81.1 cm³/mol. The highest BCUT2D eigenvalue weighted by atomic mass is 35.5. The summed E-state index contributed by atoms with van der Waals surface area (Å²) in [6.07, 6.45) is 1.29. The molecule has 1 amide bonds. The van der Waals surface area contributed by atoms with Crippen LogP contribution in [0.25, 0.3) is 11.4 Å². The van der Waals surface area contributed by atoms with Gasteiger partial charge in [0.25, 0.3) is 0 Å². The van der Waals surface area contributed by atoms with Crippen molar-refractivity contribution in [1.29, 1.82) is 0 Å². The smallest absolute Gasteiger partial charge is 0.227 e. The van der Waals surface area contributed by atoms with E-state index in [9.17, 15) is 4.79 Å². The van der Waals surface area contributed by atoms with Crippen LogP contribution in [0.2, 0.25) is 0 Å². The van der Waals surface area contributed by atoms with Crippen LogP contribution in [0.15, 0.2) is 35.2 Å². The van der Waals surface area contributed by atoms with E-state index >= 15 is 0 Å². The molecule has 1 aliphatic heterocycles. The number of carbonyl (C=O) groups is 1. The Morgan fingerprint density at radius 2 is 2.10 bits per heavy atom. The van der Waals surface area contributed by atoms with Crippen LogP contribution in [-0.2, 0) is 4.79 Å². The van der Waals surface area contributed by atoms with Crippen LogP contribution in [0.5, 0.6) is 0 Å². The molecule has 2 heterocycles. The molecule has 1 unspecified atom stereocenters. The number of nitrogens with zero attached hydrogens (tertiary/aromatic N) is 2. The molecule has 0 spiro atoms. The van der Waals surface area contributed by atoms with Gasteiger partial charge in [0.2, 0.25) is 18.1 Å². The Morgan fingerprint density at radius 1 is 1.38 bits per heavy atom. The van der Waals surface area contributed by atoms with E-state index in [0.29, 0.717) is 11.7 Å². The van der Waals surface area contributed by atoms with Crippen LogP contribution < -0.4 is 10.6 Å². The molecule has 1 fully saturated rings. The standard InChI is InChI=1S/C14H16N4O2.ClH/c1-9(11-6-15-7-11)14(19)17-12-4-2-10(3-5-12)13-16-8-20-18-13;/h2-5,8-9,11,15H,6-7H2,1H3,(H,17,19);1H. The minimum Gasteiger partial charge on any atom is -0.342 e. The first-order valence-electron chi connectivity index (χ1n) is 6.62. The van der Waals surface area contributed by atoms with E-state index in [0.717, 1.165) is 24.3 Å². The van der Waals surface area contributed by atoms with Crippen LogP contribution in [0.4, 0.5) is 5.69 Å². The molecule has 2 aromatic rings. The van der Waals surface area contributed by atoms with Crippen LogP contribution in [0.3, 0.4) is 0 Å². The van der Waals surface area contributed by atoms with Gasteiger partial charge in [-0.25, -0.2) is 0 Å². The van der Waals surface area contributed by atoms with E-state index in [1.54, 1.807) is 0 Å². The van der Waals surface area contributed by atoms with Crippen molar-refractivity contribution >= 4 is 24.0 Å². The van der Waals surface area contributed by atoms with Crippen molar-refractivity contribution in [2.45, 2.75) is 6.92 Å². The van der Waals surface area contributed by atoms with Gasteiger partial charge in [-0.2, -0.15) is 4.98 Å². The summed E-state index contributed by atoms with van der Waals surface area (Å²) in [7, 11) is 0. The Bertz CT molecular complexity index is 582. The summed E-state index contributed by atoms with van der Waals surface area (Å²) in [5.41, 5.74) is 1.63. The molecule has 0 radical (unpaired) electrons. The quantitative estimate of drug-likeness (QED) is 0.902. The lowest BCUT2D eigenvalue weighted by molar-refractivity contribution is -0.121. The average molecular weight is 309 g/mol. The zero-order valence-corrected chi connectivity index (χ0v) is 12.4. The number of hydrogen-bond donors (Lipinski definition) is 2. The first-order chi connectivity index (χ1) is 9.74. The summed E-state index contributed by atoms with van der Waals surface area (Å²) in [4.78, 5) is 16.1. The van der Waals surface area contributed by atoms with Gasteiger partial charge >= 0.3 is 0 Å². The van der Waals surface area contributed by atoms with Gasteiger partial charge in [0.05, 0.1) is 0 Å². The van der Waals surface area contributed by atoms with Crippen molar-refractivity contribution in [3.8, 4) is 11.4 Å². The third kappa shape index (κ3) is 3.40. The number of carbonyl (C=O) groups excluding carboxylic acids is 1. The van der Waals surface area contributed by atoms with Crippen molar-refractivity contribution in [3.63, 3.8) is 0 Å². The lowest BCUT2D eigenvalue weighted by atomic mass is 9.88. The fourth-order valence-corrected chi connectivity index (χ4v) is 2.14. The maximum absolute atomic E-state index is 12.1. The number of anilines is 1. The van der Waals surface area contributed by atoms with Crippen molar-refractivity contribution < 1.29 is 9.32 Å². The Hall–Kier alpha value is -1.92. The zero-order valence-electron chi connectivity index (χ0n) is 11.6. The normalized spacial score (nSPS) is 15.7. The summed E-state index contributed by atoms with van der Waals surface area (Å²) in [6.45, 7) is 3.81. The van der Waals surface area contributed by atoms with E-state index < -0.39 is 0 Å². The van der Waals surface area contributed by atoms with E-state index in [1.165, 1.54) is 6.39 Å². The number of nitrogens with one attached hydrogen (secondary N) is 2. The Balaban J connectivity index is 0.00000161. The number of rotatable bonds is 4. The molecular formula is C14H17ClN4O2. The van der Waals surface area contributed by atoms with Crippen LogP contribution >= 0.6 is 12.4 Å². The van der Waals surface area contributed by atoms with Crippen LogP contribution in [0, 0.1) is 11.8 Å². The second-order valence-electron chi connectivity index (χ2n) is 5.03. The van der Waals surface area contributed by atoms with E-state index in [2.05, 4.69) is 20.8 Å². The number of amides is 1. The van der Waals surface area contributed by atoms with Crippen LogP contribution in [-0.4, -0.2) is 29.1 Å². The molecule has 3 rings (SSSR count). The van der Waals surface area contributed by atoms with Crippen molar-refractivity contribution in [1.82, 2.24) is 15.5 Å². The Morgan fingerprint density at radius 3 is 2.62 bits per heavy atom. The minimum atomic E-state index is 0. The first-order valence-corrected chi connectivity index (χ1v) is 6.62. The molecule has 1 aromatic carbocycles. The van der Waals surface area contributed by atoms with Crippen molar-refractivity contribution in [3.05, 3.63) is 30.7 Å². The molecule has 1 atom stereocenters. The number of halogens is 1. The lowest BCUT2D eigenvalue weighted by Gasteiger charge is -2.31. The molecule has 0 saturated carbocycles. The first kappa shape index (κ1) is 15.5. The second kappa shape index (κ2) is 6.69.